The first-order valence-electron chi connectivity index (χ1n) is 8.72. The molecule has 0 radical (unpaired) electrons. The van der Waals surface area contributed by atoms with Crippen molar-refractivity contribution in [2.24, 2.45) is 0 Å². The van der Waals surface area contributed by atoms with Crippen LogP contribution in [0.1, 0.15) is 12.6 Å². The van der Waals surface area contributed by atoms with Crippen molar-refractivity contribution in [2.75, 3.05) is 32.7 Å². The Morgan fingerprint density at radius 3 is 2.77 bits per heavy atom. The van der Waals surface area contributed by atoms with Crippen LogP contribution in [0.25, 0.3) is 10.9 Å². The van der Waals surface area contributed by atoms with Gasteiger partial charge in [-0.25, -0.2) is 4.79 Å². The lowest BCUT2D eigenvalue weighted by molar-refractivity contribution is -0.153. The molecule has 8 heteroatoms. The maximum Gasteiger partial charge on any atom is 0.401 e. The fourth-order valence-corrected chi connectivity index (χ4v) is 3.33. The predicted molar refractivity (Wildman–Crippen MR) is 94.1 cm³/mol. The van der Waals surface area contributed by atoms with Crippen LogP contribution < -0.4 is 5.32 Å². The summed E-state index contributed by atoms with van der Waals surface area (Å²) in [5.41, 5.74) is 2.10. The molecule has 1 saturated heterocycles. The van der Waals surface area contributed by atoms with Crippen molar-refractivity contribution < 1.29 is 18.0 Å². The van der Waals surface area contributed by atoms with Gasteiger partial charge in [-0.3, -0.25) is 4.90 Å². The normalized spacial score (nSPS) is 19.1. The van der Waals surface area contributed by atoms with Crippen LogP contribution in [0.3, 0.4) is 0 Å². The van der Waals surface area contributed by atoms with Gasteiger partial charge in [0.1, 0.15) is 0 Å². The van der Waals surface area contributed by atoms with Crippen molar-refractivity contribution in [2.45, 2.75) is 25.6 Å². The quantitative estimate of drug-likeness (QED) is 0.872. The molecule has 1 unspecified atom stereocenters. The van der Waals surface area contributed by atoms with Gasteiger partial charge in [0.05, 0.1) is 6.54 Å². The summed E-state index contributed by atoms with van der Waals surface area (Å²) in [6.07, 6.45) is -3.54. The number of fused-ring (bicyclic) bond motifs is 1. The third kappa shape index (κ3) is 4.69. The van der Waals surface area contributed by atoms with E-state index in [-0.39, 0.29) is 18.6 Å². The molecular weight excluding hydrogens is 345 g/mol. The lowest BCUT2D eigenvalue weighted by atomic mass is 10.2. The molecule has 1 atom stereocenters. The van der Waals surface area contributed by atoms with Crippen molar-refractivity contribution in [1.82, 2.24) is 20.1 Å². The number of carbonyl (C=O) groups is 1. The Hall–Kier alpha value is -2.22. The molecular formula is C18H23F3N4O. The van der Waals surface area contributed by atoms with E-state index in [1.165, 1.54) is 4.90 Å². The number of carbonyl (C=O) groups excluding carboxylic acids is 1. The number of amides is 2. The van der Waals surface area contributed by atoms with Gasteiger partial charge in [0.25, 0.3) is 0 Å². The summed E-state index contributed by atoms with van der Waals surface area (Å²) in [6.45, 7) is 2.10. The highest BCUT2D eigenvalue weighted by Crippen LogP contribution is 2.20. The Morgan fingerprint density at radius 2 is 2.08 bits per heavy atom. The molecule has 0 saturated carbocycles. The standard InChI is InChI=1S/C18H23F3N4O/c1-13-11-24(8-9-25(13)12-18(19,20)21)17(26)22-7-6-15-10-14-4-2-3-5-16(14)23-15/h2-5,10,13,23H,6-9,11-12H2,1H3,(H,22,26). The van der Waals surface area contributed by atoms with E-state index < -0.39 is 12.7 Å². The van der Waals surface area contributed by atoms with Crippen LogP contribution in [0.15, 0.2) is 30.3 Å². The monoisotopic (exact) mass is 368 g/mol. The van der Waals surface area contributed by atoms with Crippen LogP contribution in [0.2, 0.25) is 0 Å². The van der Waals surface area contributed by atoms with Crippen molar-refractivity contribution >= 4 is 16.9 Å². The third-order valence-corrected chi connectivity index (χ3v) is 4.69. The fraction of sp³-hybridized carbons (Fsp3) is 0.500. The molecule has 5 nitrogen and oxygen atoms in total. The molecule has 0 bridgehead atoms. The van der Waals surface area contributed by atoms with Gasteiger partial charge in [0.2, 0.25) is 0 Å². The summed E-state index contributed by atoms with van der Waals surface area (Å²) in [5, 5.41) is 3.98. The topological polar surface area (TPSA) is 51.4 Å². The lowest BCUT2D eigenvalue weighted by Crippen LogP contribution is -2.57. The number of rotatable bonds is 4. The summed E-state index contributed by atoms with van der Waals surface area (Å²) < 4.78 is 37.6. The van der Waals surface area contributed by atoms with E-state index in [1.54, 1.807) is 11.8 Å². The van der Waals surface area contributed by atoms with Gasteiger partial charge in [0, 0.05) is 49.9 Å². The maximum atomic E-state index is 12.5. The van der Waals surface area contributed by atoms with Gasteiger partial charge in [-0.15, -0.1) is 0 Å². The highest BCUT2D eigenvalue weighted by Gasteiger charge is 2.35. The number of piperazine rings is 1. The molecule has 1 aromatic heterocycles. The Kier molecular flexibility index (Phi) is 5.41. The number of H-pyrrole nitrogens is 1. The number of nitrogens with one attached hydrogen (secondary N) is 2. The maximum absolute atomic E-state index is 12.5. The van der Waals surface area contributed by atoms with Crippen LogP contribution in [0, 0.1) is 0 Å². The smallest absolute Gasteiger partial charge is 0.358 e. The minimum Gasteiger partial charge on any atom is -0.358 e. The number of para-hydroxylation sites is 1. The summed E-state index contributed by atoms with van der Waals surface area (Å²) in [7, 11) is 0. The van der Waals surface area contributed by atoms with Crippen molar-refractivity contribution in [3.63, 3.8) is 0 Å². The minimum absolute atomic E-state index is 0.223. The Bertz CT molecular complexity index is 725. The molecule has 0 aliphatic carbocycles. The van der Waals surface area contributed by atoms with Gasteiger partial charge in [-0.05, 0) is 24.4 Å². The highest BCUT2D eigenvalue weighted by atomic mass is 19.4. The molecule has 142 valence electrons. The van der Waals surface area contributed by atoms with Crippen molar-refractivity contribution in [3.05, 3.63) is 36.0 Å². The lowest BCUT2D eigenvalue weighted by Gasteiger charge is -2.39. The second kappa shape index (κ2) is 7.57. The average Bonchev–Trinajstić information content (AvgIpc) is 2.98. The van der Waals surface area contributed by atoms with E-state index >= 15 is 0 Å². The van der Waals surface area contributed by atoms with Gasteiger partial charge in [-0.1, -0.05) is 18.2 Å². The van der Waals surface area contributed by atoms with Gasteiger partial charge in [0.15, 0.2) is 0 Å². The zero-order valence-corrected chi connectivity index (χ0v) is 14.6. The summed E-state index contributed by atoms with van der Waals surface area (Å²) in [6, 6.07) is 9.48. The predicted octanol–water partition coefficient (Wildman–Crippen LogP) is 2.99. The number of hydrogen-bond acceptors (Lipinski definition) is 2. The Morgan fingerprint density at radius 1 is 1.31 bits per heavy atom. The van der Waals surface area contributed by atoms with Gasteiger partial charge in [-0.2, -0.15) is 13.2 Å². The second-order valence-electron chi connectivity index (χ2n) is 6.74. The van der Waals surface area contributed by atoms with Crippen molar-refractivity contribution in [1.29, 1.82) is 0 Å². The highest BCUT2D eigenvalue weighted by molar-refractivity contribution is 5.80. The largest absolute Gasteiger partial charge is 0.401 e. The van der Waals surface area contributed by atoms with E-state index in [0.717, 1.165) is 16.6 Å². The molecule has 1 aliphatic rings. The number of urea groups is 1. The van der Waals surface area contributed by atoms with E-state index in [2.05, 4.69) is 16.4 Å². The van der Waals surface area contributed by atoms with Crippen LogP contribution in [-0.2, 0) is 6.42 Å². The zero-order valence-electron chi connectivity index (χ0n) is 14.6. The first kappa shape index (κ1) is 18.6. The average molecular weight is 368 g/mol. The van der Waals surface area contributed by atoms with Crippen LogP contribution in [0.5, 0.6) is 0 Å². The number of aromatic nitrogens is 1. The van der Waals surface area contributed by atoms with Crippen LogP contribution >= 0.6 is 0 Å². The van der Waals surface area contributed by atoms with E-state index in [0.29, 0.717) is 26.1 Å². The molecule has 26 heavy (non-hydrogen) atoms. The first-order valence-corrected chi connectivity index (χ1v) is 8.72. The number of alkyl halides is 3. The molecule has 2 heterocycles. The first-order chi connectivity index (χ1) is 12.3. The van der Waals surface area contributed by atoms with E-state index in [4.69, 9.17) is 0 Å². The van der Waals surface area contributed by atoms with Gasteiger partial charge >= 0.3 is 12.2 Å². The van der Waals surface area contributed by atoms with E-state index in [1.807, 2.05) is 24.3 Å². The molecule has 0 spiro atoms. The molecule has 2 amide bonds. The SMILES string of the molecule is CC1CN(C(=O)NCCc2cc3ccccc3[nH]2)CCN1CC(F)(F)F. The number of nitrogens with zero attached hydrogens (tertiary/aromatic N) is 2. The third-order valence-electron chi connectivity index (χ3n) is 4.69. The van der Waals surface area contributed by atoms with Crippen LogP contribution in [0.4, 0.5) is 18.0 Å². The summed E-state index contributed by atoms with van der Waals surface area (Å²) >= 11 is 0. The Balaban J connectivity index is 1.45. The zero-order chi connectivity index (χ0) is 18.7. The van der Waals surface area contributed by atoms with E-state index in [9.17, 15) is 18.0 Å². The fourth-order valence-electron chi connectivity index (χ4n) is 3.33. The van der Waals surface area contributed by atoms with Crippen molar-refractivity contribution in [3.8, 4) is 0 Å². The van der Waals surface area contributed by atoms with Crippen LogP contribution in [-0.4, -0.2) is 65.8 Å². The molecule has 1 aliphatic heterocycles. The minimum atomic E-state index is -4.21. The summed E-state index contributed by atoms with van der Waals surface area (Å²) in [4.78, 5) is 18.5. The number of benzene rings is 1. The Labute approximate surface area is 150 Å². The number of hydrogen-bond donors (Lipinski definition) is 2. The molecule has 1 aromatic carbocycles. The molecule has 2 aromatic rings. The second-order valence-corrected chi connectivity index (χ2v) is 6.74. The van der Waals surface area contributed by atoms with Gasteiger partial charge < -0.3 is 15.2 Å². The molecule has 3 rings (SSSR count). The molecule has 1 fully saturated rings. The molecule has 2 N–H and O–H groups in total. The number of aromatic amines is 1. The summed E-state index contributed by atoms with van der Waals surface area (Å²) in [5.74, 6) is 0. The number of halogens is 3.